The fraction of sp³-hybridized carbons (Fsp3) is 0.286. The van der Waals surface area contributed by atoms with Gasteiger partial charge in [-0.3, -0.25) is 0 Å². The van der Waals surface area contributed by atoms with Crippen molar-refractivity contribution < 1.29 is 14.2 Å². The van der Waals surface area contributed by atoms with E-state index in [-0.39, 0.29) is 0 Å². The summed E-state index contributed by atoms with van der Waals surface area (Å²) >= 11 is 0. The zero-order chi connectivity index (χ0) is 13.1. The summed E-state index contributed by atoms with van der Waals surface area (Å²) in [6.07, 6.45) is 1.96. The van der Waals surface area contributed by atoms with E-state index in [0.717, 1.165) is 11.3 Å². The molecule has 0 fully saturated rings. The second-order valence-electron chi connectivity index (χ2n) is 4.00. The van der Waals surface area contributed by atoms with Gasteiger partial charge < -0.3 is 19.2 Å². The number of aromatic amines is 1. The van der Waals surface area contributed by atoms with Gasteiger partial charge in [-0.2, -0.15) is 0 Å². The van der Waals surface area contributed by atoms with Crippen LogP contribution in [0.4, 0.5) is 0 Å². The highest BCUT2D eigenvalue weighted by Crippen LogP contribution is 2.40. The molecule has 1 N–H and O–H groups in total. The van der Waals surface area contributed by atoms with Crippen LogP contribution in [0.3, 0.4) is 0 Å². The van der Waals surface area contributed by atoms with Gasteiger partial charge in [0.1, 0.15) is 0 Å². The summed E-state index contributed by atoms with van der Waals surface area (Å²) in [5, 5.41) is 0. The van der Waals surface area contributed by atoms with Crippen molar-refractivity contribution in [1.29, 1.82) is 0 Å². The third-order valence-electron chi connectivity index (χ3n) is 2.80. The van der Waals surface area contributed by atoms with E-state index in [1.54, 1.807) is 21.3 Å². The summed E-state index contributed by atoms with van der Waals surface area (Å²) in [7, 11) is 4.82. The lowest BCUT2D eigenvalue weighted by Gasteiger charge is -2.13. The van der Waals surface area contributed by atoms with Crippen molar-refractivity contribution >= 4 is 0 Å². The standard InChI is InChI=1S/C14H17NO3/c1-9-5-11(15-8-9)10-6-12(16-2)14(18-4)13(7-10)17-3/h5-8,15H,1-4H3. The summed E-state index contributed by atoms with van der Waals surface area (Å²) in [4.78, 5) is 3.21. The van der Waals surface area contributed by atoms with Gasteiger partial charge in [0.05, 0.1) is 21.3 Å². The van der Waals surface area contributed by atoms with Crippen LogP contribution >= 0.6 is 0 Å². The summed E-state index contributed by atoms with van der Waals surface area (Å²) in [5.74, 6) is 1.91. The molecule has 4 heteroatoms. The molecule has 2 rings (SSSR count). The smallest absolute Gasteiger partial charge is 0.203 e. The molecule has 1 aromatic heterocycles. The number of H-pyrrole nitrogens is 1. The molecule has 4 nitrogen and oxygen atoms in total. The zero-order valence-electron chi connectivity index (χ0n) is 11.0. The Kier molecular flexibility index (Phi) is 3.46. The average Bonchev–Trinajstić information content (AvgIpc) is 2.83. The summed E-state index contributed by atoms with van der Waals surface area (Å²) in [6, 6.07) is 5.92. The maximum atomic E-state index is 5.33. The predicted octanol–water partition coefficient (Wildman–Crippen LogP) is 3.02. The lowest BCUT2D eigenvalue weighted by molar-refractivity contribution is 0.324. The Morgan fingerprint density at radius 1 is 0.889 bits per heavy atom. The second-order valence-corrected chi connectivity index (χ2v) is 4.00. The first kappa shape index (κ1) is 12.4. The number of hydrogen-bond donors (Lipinski definition) is 1. The van der Waals surface area contributed by atoms with Crippen LogP contribution in [0, 0.1) is 6.92 Å². The van der Waals surface area contributed by atoms with Gasteiger partial charge >= 0.3 is 0 Å². The molecule has 0 saturated heterocycles. The molecule has 2 aromatic rings. The predicted molar refractivity (Wildman–Crippen MR) is 70.6 cm³/mol. The molecule has 18 heavy (non-hydrogen) atoms. The molecule has 0 saturated carbocycles. The van der Waals surface area contributed by atoms with Crippen LogP contribution in [0.5, 0.6) is 17.2 Å². The van der Waals surface area contributed by atoms with Crippen LogP contribution in [-0.2, 0) is 0 Å². The third kappa shape index (κ3) is 2.14. The van der Waals surface area contributed by atoms with E-state index in [9.17, 15) is 0 Å². The first-order valence-corrected chi connectivity index (χ1v) is 5.65. The van der Waals surface area contributed by atoms with E-state index in [1.165, 1.54) is 5.56 Å². The van der Waals surface area contributed by atoms with Gasteiger partial charge in [0.15, 0.2) is 11.5 Å². The number of benzene rings is 1. The van der Waals surface area contributed by atoms with Crippen molar-refractivity contribution in [2.45, 2.75) is 6.92 Å². The molecule has 0 spiro atoms. The van der Waals surface area contributed by atoms with Crippen molar-refractivity contribution in [2.24, 2.45) is 0 Å². The molecule has 0 atom stereocenters. The Balaban J connectivity index is 2.56. The van der Waals surface area contributed by atoms with Gasteiger partial charge in [-0.05, 0) is 30.7 Å². The number of aryl methyl sites for hydroxylation is 1. The van der Waals surface area contributed by atoms with E-state index >= 15 is 0 Å². The fourth-order valence-electron chi connectivity index (χ4n) is 1.91. The van der Waals surface area contributed by atoms with Crippen molar-refractivity contribution in [1.82, 2.24) is 4.98 Å². The maximum absolute atomic E-state index is 5.33. The molecule has 0 radical (unpaired) electrons. The quantitative estimate of drug-likeness (QED) is 0.903. The van der Waals surface area contributed by atoms with Gasteiger partial charge in [0.2, 0.25) is 5.75 Å². The lowest BCUT2D eigenvalue weighted by atomic mass is 10.1. The molecule has 0 amide bonds. The molecule has 0 bridgehead atoms. The Labute approximate surface area is 106 Å². The first-order chi connectivity index (χ1) is 8.69. The van der Waals surface area contributed by atoms with E-state index < -0.39 is 0 Å². The SMILES string of the molecule is COc1cc(-c2cc(C)c[nH]2)cc(OC)c1OC. The number of nitrogens with one attached hydrogen (secondary N) is 1. The molecular weight excluding hydrogens is 230 g/mol. The second kappa shape index (κ2) is 5.04. The van der Waals surface area contributed by atoms with E-state index in [4.69, 9.17) is 14.2 Å². The lowest BCUT2D eigenvalue weighted by Crippen LogP contribution is -1.95. The molecular formula is C14H17NO3. The van der Waals surface area contributed by atoms with Crippen molar-refractivity contribution in [3.05, 3.63) is 30.0 Å². The Bertz CT molecular complexity index is 521. The number of hydrogen-bond acceptors (Lipinski definition) is 3. The fourth-order valence-corrected chi connectivity index (χ4v) is 1.91. The number of aromatic nitrogens is 1. The van der Waals surface area contributed by atoms with E-state index in [1.807, 2.05) is 25.3 Å². The van der Waals surface area contributed by atoms with Gasteiger partial charge in [-0.15, -0.1) is 0 Å². The topological polar surface area (TPSA) is 43.5 Å². The molecule has 0 aliphatic carbocycles. The highest BCUT2D eigenvalue weighted by molar-refractivity contribution is 5.69. The number of rotatable bonds is 4. The first-order valence-electron chi connectivity index (χ1n) is 5.65. The summed E-state index contributed by atoms with van der Waals surface area (Å²) < 4.78 is 16.0. The minimum Gasteiger partial charge on any atom is -0.493 e. The van der Waals surface area contributed by atoms with Crippen LogP contribution in [0.25, 0.3) is 11.3 Å². The summed E-state index contributed by atoms with van der Waals surface area (Å²) in [5.41, 5.74) is 3.20. The minimum absolute atomic E-state index is 0.604. The highest BCUT2D eigenvalue weighted by Gasteiger charge is 2.14. The van der Waals surface area contributed by atoms with Gasteiger partial charge in [0, 0.05) is 17.5 Å². The Morgan fingerprint density at radius 3 is 1.89 bits per heavy atom. The Morgan fingerprint density at radius 2 is 1.50 bits per heavy atom. The van der Waals surface area contributed by atoms with Crippen LogP contribution < -0.4 is 14.2 Å². The number of ether oxygens (including phenoxy) is 3. The largest absolute Gasteiger partial charge is 0.493 e. The zero-order valence-corrected chi connectivity index (χ0v) is 11.0. The van der Waals surface area contributed by atoms with Crippen molar-refractivity contribution in [2.75, 3.05) is 21.3 Å². The average molecular weight is 247 g/mol. The molecule has 1 aromatic carbocycles. The number of methoxy groups -OCH3 is 3. The van der Waals surface area contributed by atoms with Gasteiger partial charge in [0.25, 0.3) is 0 Å². The highest BCUT2D eigenvalue weighted by atomic mass is 16.5. The van der Waals surface area contributed by atoms with Crippen molar-refractivity contribution in [3.8, 4) is 28.5 Å². The molecule has 0 aliphatic heterocycles. The molecule has 96 valence electrons. The molecule has 0 unspecified atom stereocenters. The molecule has 1 heterocycles. The van der Waals surface area contributed by atoms with Crippen molar-refractivity contribution in [3.63, 3.8) is 0 Å². The minimum atomic E-state index is 0.604. The summed E-state index contributed by atoms with van der Waals surface area (Å²) in [6.45, 7) is 2.04. The van der Waals surface area contributed by atoms with Gasteiger partial charge in [-0.1, -0.05) is 0 Å². The monoisotopic (exact) mass is 247 g/mol. The maximum Gasteiger partial charge on any atom is 0.203 e. The van der Waals surface area contributed by atoms with Crippen LogP contribution in [0.15, 0.2) is 24.4 Å². The van der Waals surface area contributed by atoms with E-state index in [0.29, 0.717) is 17.2 Å². The van der Waals surface area contributed by atoms with Crippen LogP contribution in [-0.4, -0.2) is 26.3 Å². The van der Waals surface area contributed by atoms with Crippen LogP contribution in [0.2, 0.25) is 0 Å². The third-order valence-corrected chi connectivity index (χ3v) is 2.80. The van der Waals surface area contributed by atoms with Crippen LogP contribution in [0.1, 0.15) is 5.56 Å². The normalized spacial score (nSPS) is 10.2. The van der Waals surface area contributed by atoms with E-state index in [2.05, 4.69) is 11.1 Å². The molecule has 0 aliphatic rings. The Hall–Kier alpha value is -2.10. The van der Waals surface area contributed by atoms with Gasteiger partial charge in [-0.25, -0.2) is 0 Å².